The van der Waals surface area contributed by atoms with Gasteiger partial charge in [-0.25, -0.2) is 0 Å². The van der Waals surface area contributed by atoms with Gasteiger partial charge in [-0.15, -0.1) is 0 Å². The first kappa shape index (κ1) is 8.48. The van der Waals surface area contributed by atoms with E-state index in [4.69, 9.17) is 4.74 Å². The molecule has 2 aliphatic heterocycles. The quantitative estimate of drug-likeness (QED) is 0.659. The second-order valence-corrected chi connectivity index (χ2v) is 3.76. The number of hydrogen-bond donors (Lipinski definition) is 1. The Morgan fingerprint density at radius 3 is 2.50 bits per heavy atom. The summed E-state index contributed by atoms with van der Waals surface area (Å²) in [7, 11) is 0. The molecule has 2 saturated heterocycles. The van der Waals surface area contributed by atoms with E-state index in [9.17, 15) is 5.11 Å². The van der Waals surface area contributed by atoms with Gasteiger partial charge in [-0.3, -0.25) is 4.90 Å². The van der Waals surface area contributed by atoms with Crippen LogP contribution in [-0.2, 0) is 4.74 Å². The molecule has 2 fully saturated rings. The zero-order valence-corrected chi connectivity index (χ0v) is 7.57. The molecule has 3 heteroatoms. The predicted molar refractivity (Wildman–Crippen MR) is 45.8 cm³/mol. The van der Waals surface area contributed by atoms with Crippen LogP contribution >= 0.6 is 0 Å². The van der Waals surface area contributed by atoms with Crippen LogP contribution in [0.4, 0.5) is 0 Å². The minimum atomic E-state index is -0.244. The normalized spacial score (nSPS) is 38.5. The van der Waals surface area contributed by atoms with Crippen LogP contribution in [0.25, 0.3) is 0 Å². The van der Waals surface area contributed by atoms with Gasteiger partial charge < -0.3 is 9.84 Å². The predicted octanol–water partition coefficient (Wildman–Crippen LogP) is 0.578. The van der Waals surface area contributed by atoms with Crippen molar-refractivity contribution in [1.82, 2.24) is 4.90 Å². The lowest BCUT2D eigenvalue weighted by Crippen LogP contribution is -2.50. The van der Waals surface area contributed by atoms with Crippen molar-refractivity contribution in [2.45, 2.75) is 44.5 Å². The minimum Gasteiger partial charge on any atom is -0.378 e. The topological polar surface area (TPSA) is 32.7 Å². The fourth-order valence-electron chi connectivity index (χ4n) is 2.36. The Kier molecular flexibility index (Phi) is 2.35. The molecule has 0 spiro atoms. The van der Waals surface area contributed by atoms with Crippen LogP contribution in [0.15, 0.2) is 0 Å². The van der Waals surface area contributed by atoms with Crippen LogP contribution in [0.2, 0.25) is 0 Å². The summed E-state index contributed by atoms with van der Waals surface area (Å²) < 4.78 is 5.43. The van der Waals surface area contributed by atoms with E-state index >= 15 is 0 Å². The molecule has 2 aliphatic rings. The van der Waals surface area contributed by atoms with E-state index in [0.717, 1.165) is 19.6 Å². The molecule has 0 aromatic heterocycles. The maximum Gasteiger partial charge on any atom is 0.107 e. The van der Waals surface area contributed by atoms with Crippen LogP contribution in [0, 0.1) is 0 Å². The van der Waals surface area contributed by atoms with Gasteiger partial charge in [-0.05, 0) is 19.3 Å². The van der Waals surface area contributed by atoms with E-state index in [1.54, 1.807) is 0 Å². The second kappa shape index (κ2) is 3.32. The summed E-state index contributed by atoms with van der Waals surface area (Å²) in [6.07, 6.45) is 2.97. The lowest BCUT2D eigenvalue weighted by molar-refractivity contribution is -0.101. The summed E-state index contributed by atoms with van der Waals surface area (Å²) in [5, 5.41) is 9.73. The highest BCUT2D eigenvalue weighted by molar-refractivity contribution is 4.91. The van der Waals surface area contributed by atoms with Crippen LogP contribution in [0.1, 0.15) is 26.2 Å². The van der Waals surface area contributed by atoms with Gasteiger partial charge in [0, 0.05) is 12.1 Å². The van der Waals surface area contributed by atoms with Crippen molar-refractivity contribution in [2.24, 2.45) is 0 Å². The second-order valence-electron chi connectivity index (χ2n) is 3.76. The molecule has 0 saturated carbocycles. The molecule has 0 amide bonds. The average molecular weight is 171 g/mol. The van der Waals surface area contributed by atoms with Crippen molar-refractivity contribution in [3.63, 3.8) is 0 Å². The summed E-state index contributed by atoms with van der Waals surface area (Å²) in [6.45, 7) is 3.65. The summed E-state index contributed by atoms with van der Waals surface area (Å²) >= 11 is 0. The molecule has 0 radical (unpaired) electrons. The molecule has 2 rings (SSSR count). The molecule has 0 aromatic rings. The fourth-order valence-corrected chi connectivity index (χ4v) is 2.36. The average Bonchev–Trinajstić information content (AvgIpc) is 2.35. The number of ether oxygens (including phenoxy) is 1. The Bertz CT molecular complexity index is 147. The Morgan fingerprint density at radius 2 is 2.00 bits per heavy atom. The number of hydrogen-bond acceptors (Lipinski definition) is 3. The van der Waals surface area contributed by atoms with Crippen molar-refractivity contribution in [3.05, 3.63) is 0 Å². The first-order valence-corrected chi connectivity index (χ1v) is 4.86. The third-order valence-electron chi connectivity index (χ3n) is 3.01. The van der Waals surface area contributed by atoms with Gasteiger partial charge in [0.1, 0.15) is 6.23 Å². The molecule has 1 N–H and O–H groups in total. The minimum absolute atomic E-state index is 0.244. The zero-order chi connectivity index (χ0) is 8.55. The summed E-state index contributed by atoms with van der Waals surface area (Å²) in [5.41, 5.74) is 0. The van der Waals surface area contributed by atoms with Crippen molar-refractivity contribution in [2.75, 3.05) is 13.2 Å². The molecular weight excluding hydrogens is 154 g/mol. The van der Waals surface area contributed by atoms with Gasteiger partial charge in [0.15, 0.2) is 0 Å². The van der Waals surface area contributed by atoms with Gasteiger partial charge in [0.2, 0.25) is 0 Å². The number of morpholine rings is 1. The van der Waals surface area contributed by atoms with Crippen LogP contribution in [0.3, 0.4) is 0 Å². The number of aliphatic hydroxyl groups is 1. The molecule has 2 bridgehead atoms. The summed E-state index contributed by atoms with van der Waals surface area (Å²) in [4.78, 5) is 2.24. The van der Waals surface area contributed by atoms with E-state index in [1.165, 1.54) is 12.8 Å². The van der Waals surface area contributed by atoms with Gasteiger partial charge in [-0.1, -0.05) is 6.92 Å². The van der Waals surface area contributed by atoms with Crippen molar-refractivity contribution in [3.8, 4) is 0 Å². The molecule has 3 atom stereocenters. The molecule has 3 unspecified atom stereocenters. The molecular formula is C9H17NO2. The number of fused-ring (bicyclic) bond motifs is 2. The third kappa shape index (κ3) is 1.26. The van der Waals surface area contributed by atoms with Gasteiger partial charge in [0.05, 0.1) is 13.2 Å². The molecule has 0 aromatic carbocycles. The van der Waals surface area contributed by atoms with Crippen LogP contribution in [0.5, 0.6) is 0 Å². The highest BCUT2D eigenvalue weighted by Gasteiger charge is 2.39. The smallest absolute Gasteiger partial charge is 0.107 e. The van der Waals surface area contributed by atoms with E-state index < -0.39 is 0 Å². The Hall–Kier alpha value is -0.120. The first-order chi connectivity index (χ1) is 5.83. The third-order valence-corrected chi connectivity index (χ3v) is 3.01. The molecule has 12 heavy (non-hydrogen) atoms. The Morgan fingerprint density at radius 1 is 1.42 bits per heavy atom. The first-order valence-electron chi connectivity index (χ1n) is 4.86. The van der Waals surface area contributed by atoms with Crippen molar-refractivity contribution in [1.29, 1.82) is 0 Å². The largest absolute Gasteiger partial charge is 0.378 e. The standard InChI is InChI=1S/C9H17NO2/c1-2-9(11)10-7-3-4-8(10)6-12-5-7/h7-9,11H,2-6H2,1H3. The number of nitrogens with zero attached hydrogens (tertiary/aromatic N) is 1. The van der Waals surface area contributed by atoms with Gasteiger partial charge in [-0.2, -0.15) is 0 Å². The highest BCUT2D eigenvalue weighted by atomic mass is 16.5. The Labute approximate surface area is 73.3 Å². The summed E-state index contributed by atoms with van der Waals surface area (Å²) in [5.74, 6) is 0. The number of rotatable bonds is 2. The zero-order valence-electron chi connectivity index (χ0n) is 7.57. The maximum absolute atomic E-state index is 9.73. The summed E-state index contributed by atoms with van der Waals surface area (Å²) in [6, 6.07) is 0.970. The monoisotopic (exact) mass is 171 g/mol. The van der Waals surface area contributed by atoms with Gasteiger partial charge in [0.25, 0.3) is 0 Å². The van der Waals surface area contributed by atoms with Crippen LogP contribution in [-0.4, -0.2) is 41.5 Å². The maximum atomic E-state index is 9.73. The number of aliphatic hydroxyl groups excluding tert-OH is 1. The Balaban J connectivity index is 2.05. The lowest BCUT2D eigenvalue weighted by Gasteiger charge is -2.37. The van der Waals surface area contributed by atoms with Crippen LogP contribution < -0.4 is 0 Å². The van der Waals surface area contributed by atoms with Crippen molar-refractivity contribution >= 4 is 0 Å². The molecule has 3 nitrogen and oxygen atoms in total. The fraction of sp³-hybridized carbons (Fsp3) is 1.00. The van der Waals surface area contributed by atoms with E-state index in [-0.39, 0.29) is 6.23 Å². The molecule has 70 valence electrons. The van der Waals surface area contributed by atoms with Crippen molar-refractivity contribution < 1.29 is 9.84 Å². The van der Waals surface area contributed by atoms with E-state index in [0.29, 0.717) is 12.1 Å². The van der Waals surface area contributed by atoms with Gasteiger partial charge >= 0.3 is 0 Å². The molecule has 0 aliphatic carbocycles. The highest BCUT2D eigenvalue weighted by Crippen LogP contribution is 2.30. The lowest BCUT2D eigenvalue weighted by atomic mass is 10.2. The SMILES string of the molecule is CCC(O)N1C2CCC1COC2. The van der Waals surface area contributed by atoms with E-state index in [1.807, 2.05) is 6.92 Å². The van der Waals surface area contributed by atoms with E-state index in [2.05, 4.69) is 4.90 Å². The molecule has 2 heterocycles.